The number of rotatable bonds is 6. The monoisotopic (exact) mass is 243 g/mol. The highest BCUT2D eigenvalue weighted by Crippen LogP contribution is 2.24. The lowest BCUT2D eigenvalue weighted by Crippen LogP contribution is -2.42. The highest BCUT2D eigenvalue weighted by molar-refractivity contribution is 7.09. The summed E-state index contributed by atoms with van der Waals surface area (Å²) >= 11 is 1.60. The van der Waals surface area contributed by atoms with Gasteiger partial charge in [0.25, 0.3) is 0 Å². The second-order valence-electron chi connectivity index (χ2n) is 4.20. The lowest BCUT2D eigenvalue weighted by molar-refractivity contribution is -0.110. The highest BCUT2D eigenvalue weighted by Gasteiger charge is 2.32. The van der Waals surface area contributed by atoms with Crippen molar-refractivity contribution in [3.05, 3.63) is 16.1 Å². The van der Waals surface area contributed by atoms with Crippen molar-refractivity contribution in [1.82, 2.24) is 4.98 Å². The van der Waals surface area contributed by atoms with Crippen molar-refractivity contribution < 1.29 is 9.84 Å². The van der Waals surface area contributed by atoms with Gasteiger partial charge in [-0.15, -0.1) is 11.3 Å². The number of nitrogens with zero attached hydrogens (tertiary/aromatic N) is 1. The van der Waals surface area contributed by atoms with Crippen LogP contribution < -0.4 is 0 Å². The van der Waals surface area contributed by atoms with Gasteiger partial charge in [0.15, 0.2) is 0 Å². The van der Waals surface area contributed by atoms with Crippen LogP contribution in [0.5, 0.6) is 0 Å². The number of aliphatic hydroxyl groups is 1. The van der Waals surface area contributed by atoms with E-state index in [2.05, 4.69) is 4.98 Å². The van der Waals surface area contributed by atoms with Crippen LogP contribution >= 0.6 is 11.3 Å². The smallest absolute Gasteiger partial charge is 0.0955 e. The Hall–Kier alpha value is -0.450. The molecule has 0 amide bonds. The van der Waals surface area contributed by atoms with E-state index in [9.17, 15) is 5.11 Å². The van der Waals surface area contributed by atoms with Gasteiger partial charge >= 0.3 is 0 Å². The Balaban J connectivity index is 2.65. The van der Waals surface area contributed by atoms with Gasteiger partial charge in [-0.25, -0.2) is 4.98 Å². The molecule has 4 heteroatoms. The van der Waals surface area contributed by atoms with Crippen LogP contribution in [0.25, 0.3) is 0 Å². The summed E-state index contributed by atoms with van der Waals surface area (Å²) in [5.74, 6) is 0. The van der Waals surface area contributed by atoms with Crippen LogP contribution in [0.4, 0.5) is 0 Å². The zero-order valence-electron chi connectivity index (χ0n) is 10.5. The number of hydrogen-bond acceptors (Lipinski definition) is 4. The van der Waals surface area contributed by atoms with E-state index in [0.29, 0.717) is 13.0 Å². The van der Waals surface area contributed by atoms with Gasteiger partial charge in [-0.3, -0.25) is 0 Å². The lowest BCUT2D eigenvalue weighted by atomic mass is 9.93. The van der Waals surface area contributed by atoms with E-state index in [4.69, 9.17) is 4.74 Å². The van der Waals surface area contributed by atoms with Gasteiger partial charge in [0.1, 0.15) is 0 Å². The van der Waals surface area contributed by atoms with Gasteiger partial charge < -0.3 is 9.84 Å². The molecule has 1 heterocycles. The Kier molecular flexibility index (Phi) is 4.89. The number of aromatic nitrogens is 1. The molecule has 1 N–H and O–H groups in total. The van der Waals surface area contributed by atoms with Gasteiger partial charge in [0, 0.05) is 24.1 Å². The van der Waals surface area contributed by atoms with Crippen LogP contribution in [0.1, 0.15) is 37.9 Å². The molecule has 0 spiro atoms. The predicted molar refractivity (Wildman–Crippen MR) is 66.9 cm³/mol. The molecule has 0 bridgehead atoms. The molecule has 92 valence electrons. The number of thiazole rings is 1. The summed E-state index contributed by atoms with van der Waals surface area (Å²) in [6.45, 7) is 8.54. The summed E-state index contributed by atoms with van der Waals surface area (Å²) < 4.78 is 5.65. The number of hydrogen-bond donors (Lipinski definition) is 1. The van der Waals surface area contributed by atoms with E-state index in [1.165, 1.54) is 0 Å². The van der Waals surface area contributed by atoms with Gasteiger partial charge in [-0.05, 0) is 27.2 Å². The first-order valence-corrected chi connectivity index (χ1v) is 6.62. The molecule has 0 fully saturated rings. The summed E-state index contributed by atoms with van der Waals surface area (Å²) in [6, 6.07) is 0. The zero-order valence-corrected chi connectivity index (χ0v) is 11.3. The molecule has 1 aromatic rings. The van der Waals surface area contributed by atoms with Gasteiger partial charge in [-0.2, -0.15) is 0 Å². The van der Waals surface area contributed by atoms with Crippen LogP contribution in [-0.2, 0) is 11.2 Å². The molecular weight excluding hydrogens is 222 g/mol. The van der Waals surface area contributed by atoms with Crippen molar-refractivity contribution in [1.29, 1.82) is 0 Å². The van der Waals surface area contributed by atoms with Gasteiger partial charge in [0.2, 0.25) is 0 Å². The van der Waals surface area contributed by atoms with Crippen LogP contribution in [-0.4, -0.2) is 28.4 Å². The zero-order chi connectivity index (χ0) is 12.2. The third-order valence-corrected chi connectivity index (χ3v) is 3.90. The van der Waals surface area contributed by atoms with Crippen LogP contribution in [0.15, 0.2) is 5.38 Å². The summed E-state index contributed by atoms with van der Waals surface area (Å²) in [5.41, 5.74) is 0.552. The summed E-state index contributed by atoms with van der Waals surface area (Å²) in [4.78, 5) is 4.36. The third-order valence-electron chi connectivity index (χ3n) is 2.92. The number of ether oxygens (including phenoxy) is 1. The molecule has 0 radical (unpaired) electrons. The van der Waals surface area contributed by atoms with E-state index in [1.54, 1.807) is 11.3 Å². The van der Waals surface area contributed by atoms with Crippen LogP contribution in [0.2, 0.25) is 0 Å². The Morgan fingerprint density at radius 3 is 2.69 bits per heavy atom. The molecule has 1 rings (SSSR count). The average molecular weight is 243 g/mol. The molecule has 1 aromatic heterocycles. The number of aliphatic hydroxyl groups excluding tert-OH is 1. The maximum Gasteiger partial charge on any atom is 0.0955 e. The molecule has 0 saturated heterocycles. The van der Waals surface area contributed by atoms with Crippen molar-refractivity contribution >= 4 is 11.3 Å². The summed E-state index contributed by atoms with van der Waals surface area (Å²) in [5, 5.41) is 13.2. The first-order valence-electron chi connectivity index (χ1n) is 5.74. The lowest BCUT2D eigenvalue weighted by Gasteiger charge is -2.33. The molecule has 2 unspecified atom stereocenters. The van der Waals surface area contributed by atoms with Crippen molar-refractivity contribution in [2.24, 2.45) is 0 Å². The van der Waals surface area contributed by atoms with Crippen molar-refractivity contribution in [3.63, 3.8) is 0 Å². The van der Waals surface area contributed by atoms with Gasteiger partial charge in [0.05, 0.1) is 16.7 Å². The van der Waals surface area contributed by atoms with E-state index < -0.39 is 11.7 Å². The van der Waals surface area contributed by atoms with Crippen LogP contribution in [0.3, 0.4) is 0 Å². The second kappa shape index (κ2) is 5.75. The molecule has 0 aliphatic rings. The standard InChI is InChI=1S/C12H21NO2S/c1-5-12(4,15-6-2)10(14)7-11-13-9(3)8-16-11/h8,10,14H,5-7H2,1-4H3. The molecule has 0 aliphatic carbocycles. The van der Waals surface area contributed by atoms with E-state index in [1.807, 2.05) is 33.1 Å². The Morgan fingerprint density at radius 1 is 1.56 bits per heavy atom. The molecule has 3 nitrogen and oxygen atoms in total. The van der Waals surface area contributed by atoms with Crippen LogP contribution in [0, 0.1) is 6.92 Å². The van der Waals surface area contributed by atoms with E-state index in [0.717, 1.165) is 17.1 Å². The third kappa shape index (κ3) is 3.27. The first kappa shape index (κ1) is 13.6. The topological polar surface area (TPSA) is 42.4 Å². The average Bonchev–Trinajstić information content (AvgIpc) is 2.64. The minimum atomic E-state index is -0.497. The second-order valence-corrected chi connectivity index (χ2v) is 5.14. The predicted octanol–water partition coefficient (Wildman–Crippen LogP) is 2.56. The number of aryl methyl sites for hydroxylation is 1. The molecule has 16 heavy (non-hydrogen) atoms. The Bertz CT molecular complexity index is 327. The quantitative estimate of drug-likeness (QED) is 0.835. The Labute approximate surface area is 101 Å². The van der Waals surface area contributed by atoms with Crippen molar-refractivity contribution in [2.45, 2.75) is 52.2 Å². The fraction of sp³-hybridized carbons (Fsp3) is 0.750. The minimum absolute atomic E-state index is 0.464. The fourth-order valence-corrected chi connectivity index (χ4v) is 2.45. The normalized spacial score (nSPS) is 17.1. The SMILES string of the molecule is CCOC(C)(CC)C(O)Cc1nc(C)cs1. The summed E-state index contributed by atoms with van der Waals surface area (Å²) in [6.07, 6.45) is 0.873. The summed E-state index contributed by atoms with van der Waals surface area (Å²) in [7, 11) is 0. The molecule has 0 aromatic carbocycles. The maximum atomic E-state index is 10.2. The largest absolute Gasteiger partial charge is 0.390 e. The van der Waals surface area contributed by atoms with E-state index in [-0.39, 0.29) is 0 Å². The minimum Gasteiger partial charge on any atom is -0.390 e. The van der Waals surface area contributed by atoms with Crippen molar-refractivity contribution in [3.8, 4) is 0 Å². The highest BCUT2D eigenvalue weighted by atomic mass is 32.1. The molecule has 0 saturated carbocycles. The molecule has 2 atom stereocenters. The van der Waals surface area contributed by atoms with E-state index >= 15 is 0 Å². The fourth-order valence-electron chi connectivity index (χ4n) is 1.64. The maximum absolute atomic E-state index is 10.2. The van der Waals surface area contributed by atoms with Crippen molar-refractivity contribution in [2.75, 3.05) is 6.61 Å². The van der Waals surface area contributed by atoms with Gasteiger partial charge in [-0.1, -0.05) is 6.92 Å². The first-order chi connectivity index (χ1) is 7.51. The molecule has 0 aliphatic heterocycles. The Morgan fingerprint density at radius 2 is 2.25 bits per heavy atom. The molecular formula is C12H21NO2S.